The van der Waals surface area contributed by atoms with E-state index in [4.69, 9.17) is 10.5 Å². The summed E-state index contributed by atoms with van der Waals surface area (Å²) in [4.78, 5) is 0. The van der Waals surface area contributed by atoms with Gasteiger partial charge in [0, 0.05) is 6.04 Å². The van der Waals surface area contributed by atoms with Crippen LogP contribution in [0, 0.1) is 0 Å². The van der Waals surface area contributed by atoms with E-state index < -0.39 is 0 Å². The minimum absolute atomic E-state index is 0.255. The third-order valence-electron chi connectivity index (χ3n) is 2.21. The largest absolute Gasteiger partial charge is 0.374 e. The SMILES string of the molecule is CC[C@H](N)C1CCC(C)O1. The summed E-state index contributed by atoms with van der Waals surface area (Å²) in [5.41, 5.74) is 5.82. The topological polar surface area (TPSA) is 35.2 Å². The maximum Gasteiger partial charge on any atom is 0.0730 e. The van der Waals surface area contributed by atoms with Crippen molar-refractivity contribution < 1.29 is 4.74 Å². The molecule has 2 heteroatoms. The van der Waals surface area contributed by atoms with Gasteiger partial charge in [-0.15, -0.1) is 0 Å². The van der Waals surface area contributed by atoms with Gasteiger partial charge in [-0.2, -0.15) is 0 Å². The number of ether oxygens (including phenoxy) is 1. The van der Waals surface area contributed by atoms with Crippen molar-refractivity contribution in [3.05, 3.63) is 0 Å². The summed E-state index contributed by atoms with van der Waals surface area (Å²) in [5, 5.41) is 0. The van der Waals surface area contributed by atoms with Gasteiger partial charge in [0.15, 0.2) is 0 Å². The molecule has 1 rings (SSSR count). The minimum Gasteiger partial charge on any atom is -0.374 e. The summed E-state index contributed by atoms with van der Waals surface area (Å²) in [6, 6.07) is 0.255. The average Bonchev–Trinajstić information content (AvgIpc) is 2.34. The van der Waals surface area contributed by atoms with Crippen molar-refractivity contribution in [3.8, 4) is 0 Å². The van der Waals surface area contributed by atoms with Crippen LogP contribution in [0.5, 0.6) is 0 Å². The smallest absolute Gasteiger partial charge is 0.0730 e. The molecule has 60 valence electrons. The Balaban J connectivity index is 2.29. The highest BCUT2D eigenvalue weighted by Gasteiger charge is 2.25. The van der Waals surface area contributed by atoms with Crippen LogP contribution in [-0.2, 0) is 4.74 Å². The molecule has 0 amide bonds. The molecule has 0 spiro atoms. The molecular formula is C8H17NO. The third kappa shape index (κ3) is 1.70. The van der Waals surface area contributed by atoms with Crippen LogP contribution in [0.25, 0.3) is 0 Å². The Morgan fingerprint density at radius 3 is 2.70 bits per heavy atom. The molecule has 1 aliphatic rings. The van der Waals surface area contributed by atoms with Crippen molar-refractivity contribution in [1.29, 1.82) is 0 Å². The van der Waals surface area contributed by atoms with E-state index in [-0.39, 0.29) is 6.04 Å². The Morgan fingerprint density at radius 2 is 2.30 bits per heavy atom. The fraction of sp³-hybridized carbons (Fsp3) is 1.00. The molecule has 0 saturated carbocycles. The Labute approximate surface area is 62.7 Å². The van der Waals surface area contributed by atoms with Crippen molar-refractivity contribution in [3.63, 3.8) is 0 Å². The Bertz CT molecular complexity index is 105. The quantitative estimate of drug-likeness (QED) is 0.632. The monoisotopic (exact) mass is 143 g/mol. The van der Waals surface area contributed by atoms with Crippen LogP contribution < -0.4 is 5.73 Å². The highest BCUT2D eigenvalue weighted by atomic mass is 16.5. The Hall–Kier alpha value is -0.0800. The number of hydrogen-bond donors (Lipinski definition) is 1. The lowest BCUT2D eigenvalue weighted by molar-refractivity contribution is 0.0397. The van der Waals surface area contributed by atoms with E-state index in [9.17, 15) is 0 Å². The van der Waals surface area contributed by atoms with Crippen molar-refractivity contribution in [2.24, 2.45) is 5.73 Å². The van der Waals surface area contributed by atoms with Crippen LogP contribution in [-0.4, -0.2) is 18.2 Å². The first-order valence-electron chi connectivity index (χ1n) is 4.15. The minimum atomic E-state index is 0.255. The lowest BCUT2D eigenvalue weighted by Gasteiger charge is -2.17. The zero-order valence-electron chi connectivity index (χ0n) is 6.84. The van der Waals surface area contributed by atoms with E-state index in [0.717, 1.165) is 12.8 Å². The van der Waals surface area contributed by atoms with Crippen LogP contribution in [0.2, 0.25) is 0 Å². The zero-order chi connectivity index (χ0) is 7.56. The second kappa shape index (κ2) is 3.35. The highest BCUT2D eigenvalue weighted by Crippen LogP contribution is 2.21. The first-order chi connectivity index (χ1) is 4.74. The summed E-state index contributed by atoms with van der Waals surface area (Å²) in [5.74, 6) is 0. The summed E-state index contributed by atoms with van der Waals surface area (Å²) in [6.07, 6.45) is 4.12. The third-order valence-corrected chi connectivity index (χ3v) is 2.21. The van der Waals surface area contributed by atoms with Crippen molar-refractivity contribution in [2.45, 2.75) is 51.4 Å². The van der Waals surface area contributed by atoms with Gasteiger partial charge in [-0.25, -0.2) is 0 Å². The first-order valence-corrected chi connectivity index (χ1v) is 4.15. The number of nitrogens with two attached hydrogens (primary N) is 1. The van der Waals surface area contributed by atoms with Crippen LogP contribution >= 0.6 is 0 Å². The average molecular weight is 143 g/mol. The second-order valence-electron chi connectivity index (χ2n) is 3.13. The van der Waals surface area contributed by atoms with Gasteiger partial charge in [-0.05, 0) is 26.2 Å². The maximum atomic E-state index is 5.82. The maximum absolute atomic E-state index is 5.82. The normalized spacial score (nSPS) is 36.3. The van der Waals surface area contributed by atoms with E-state index in [2.05, 4.69) is 13.8 Å². The van der Waals surface area contributed by atoms with E-state index in [1.54, 1.807) is 0 Å². The van der Waals surface area contributed by atoms with Gasteiger partial charge in [-0.3, -0.25) is 0 Å². The molecule has 2 unspecified atom stereocenters. The fourth-order valence-corrected chi connectivity index (χ4v) is 1.41. The van der Waals surface area contributed by atoms with Crippen LogP contribution in [0.4, 0.5) is 0 Å². The highest BCUT2D eigenvalue weighted by molar-refractivity contribution is 4.78. The lowest BCUT2D eigenvalue weighted by atomic mass is 10.1. The van der Waals surface area contributed by atoms with Gasteiger partial charge in [0.05, 0.1) is 12.2 Å². The number of rotatable bonds is 2. The molecule has 0 aliphatic carbocycles. The molecule has 2 N–H and O–H groups in total. The lowest BCUT2D eigenvalue weighted by Crippen LogP contribution is -2.33. The summed E-state index contributed by atoms with van der Waals surface area (Å²) in [7, 11) is 0. The van der Waals surface area contributed by atoms with Crippen molar-refractivity contribution in [2.75, 3.05) is 0 Å². The molecule has 2 nitrogen and oxygen atoms in total. The standard InChI is InChI=1S/C8H17NO/c1-3-7(9)8-5-4-6(2)10-8/h6-8H,3-5,9H2,1-2H3/t6?,7-,8?/m0/s1. The van der Waals surface area contributed by atoms with E-state index in [1.807, 2.05) is 0 Å². The summed E-state index contributed by atoms with van der Waals surface area (Å²) >= 11 is 0. The molecule has 0 bridgehead atoms. The predicted molar refractivity (Wildman–Crippen MR) is 41.8 cm³/mol. The van der Waals surface area contributed by atoms with Crippen LogP contribution in [0.15, 0.2) is 0 Å². The molecule has 0 aromatic rings. The summed E-state index contributed by atoms with van der Waals surface area (Å²) < 4.78 is 5.59. The fourth-order valence-electron chi connectivity index (χ4n) is 1.41. The molecule has 0 aromatic heterocycles. The Kier molecular flexibility index (Phi) is 2.69. The summed E-state index contributed by atoms with van der Waals surface area (Å²) in [6.45, 7) is 4.22. The van der Waals surface area contributed by atoms with Gasteiger partial charge < -0.3 is 10.5 Å². The van der Waals surface area contributed by atoms with Gasteiger partial charge in [0.1, 0.15) is 0 Å². The van der Waals surface area contributed by atoms with Crippen molar-refractivity contribution >= 4 is 0 Å². The van der Waals surface area contributed by atoms with Crippen LogP contribution in [0.1, 0.15) is 33.1 Å². The molecular weight excluding hydrogens is 126 g/mol. The predicted octanol–water partition coefficient (Wildman–Crippen LogP) is 1.29. The van der Waals surface area contributed by atoms with Gasteiger partial charge in [0.2, 0.25) is 0 Å². The molecule has 0 radical (unpaired) electrons. The molecule has 0 aromatic carbocycles. The molecule has 3 atom stereocenters. The molecule has 1 heterocycles. The Morgan fingerprint density at radius 1 is 1.60 bits per heavy atom. The molecule has 1 fully saturated rings. The number of hydrogen-bond acceptors (Lipinski definition) is 2. The zero-order valence-corrected chi connectivity index (χ0v) is 6.84. The van der Waals surface area contributed by atoms with Crippen LogP contribution in [0.3, 0.4) is 0 Å². The van der Waals surface area contributed by atoms with E-state index in [0.29, 0.717) is 12.2 Å². The molecule has 1 aliphatic heterocycles. The van der Waals surface area contributed by atoms with Gasteiger partial charge in [0.25, 0.3) is 0 Å². The first kappa shape index (κ1) is 8.02. The van der Waals surface area contributed by atoms with E-state index >= 15 is 0 Å². The van der Waals surface area contributed by atoms with Crippen molar-refractivity contribution in [1.82, 2.24) is 0 Å². The van der Waals surface area contributed by atoms with Gasteiger partial charge in [-0.1, -0.05) is 6.92 Å². The molecule has 1 saturated heterocycles. The van der Waals surface area contributed by atoms with Gasteiger partial charge >= 0.3 is 0 Å². The van der Waals surface area contributed by atoms with E-state index in [1.165, 1.54) is 6.42 Å². The molecule has 10 heavy (non-hydrogen) atoms. The second-order valence-corrected chi connectivity index (χ2v) is 3.13.